The molecule has 26 rings (SSSR count). The summed E-state index contributed by atoms with van der Waals surface area (Å²) in [7, 11) is 0. The molecule has 0 N–H and O–H groups in total. The molecule has 0 atom stereocenters. The molecule has 4 heteroatoms. The van der Waals surface area contributed by atoms with Gasteiger partial charge in [0.15, 0.2) is 0 Å². The van der Waals surface area contributed by atoms with Crippen LogP contribution in [0, 0.1) is 0 Å². The lowest BCUT2D eigenvalue weighted by Gasteiger charge is -2.28. The van der Waals surface area contributed by atoms with Crippen LogP contribution in [0.2, 0.25) is 0 Å². The molecule has 2 heterocycles. The van der Waals surface area contributed by atoms with Crippen LogP contribution < -0.4 is 9.80 Å². The van der Waals surface area contributed by atoms with Crippen molar-refractivity contribution >= 4 is 142 Å². The normalized spacial score (nSPS) is 12.6. The van der Waals surface area contributed by atoms with Crippen molar-refractivity contribution in [2.45, 2.75) is 19.3 Å². The van der Waals surface area contributed by atoms with Crippen molar-refractivity contribution in [1.29, 1.82) is 0 Å². The van der Waals surface area contributed by atoms with E-state index < -0.39 is 0 Å². The summed E-state index contributed by atoms with van der Waals surface area (Å²) in [4.78, 5) is 4.69. The standard InChI is InChI=1S/C63H42N2.C54H34N2/c1-63(2)54-24-11-10-19-48(54)49-36-35-45(38-55(49)63)64(42-15-4-3-5-16-42)43-31-26-39(27-32-43)40-28-33-44(34-29-40)65-56-25-13-23-53-60-51-21-9-7-18-47(51)46-17-6-8-20-50(46)59(60)52-22-12-14-41-30-37-57(65)62(58(41)52)61(53)56;1-3-14-38(15-4-1)55(39-16-5-2-6-17-39)40-30-25-35(26-31-40)36-27-32-41(33-28-36)56-48-24-12-23-47-52-45-21-10-8-19-43(45)42-18-7-9-20-44(42)51(52)46-22-11-13-37-29-34-49(56)54(50(37)46)53(47)48/h3-38H,1-2H3;1-34H. The molecule has 0 saturated heterocycles. The average Bonchev–Trinajstić information content (AvgIpc) is 1.54. The molecule has 0 radical (unpaired) electrons. The summed E-state index contributed by atoms with van der Waals surface area (Å²) in [6, 6.07) is 157. The number of fused-ring (bicyclic) bond motifs is 19. The van der Waals surface area contributed by atoms with Crippen molar-refractivity contribution in [2.75, 3.05) is 9.80 Å². The number of hydrogen-bond acceptors (Lipinski definition) is 2. The molecule has 0 spiro atoms. The number of rotatable bonds is 10. The van der Waals surface area contributed by atoms with Gasteiger partial charge in [-0.15, -0.1) is 0 Å². The highest BCUT2D eigenvalue weighted by atomic mass is 15.1. The van der Waals surface area contributed by atoms with Gasteiger partial charge in [0.25, 0.3) is 0 Å². The largest absolute Gasteiger partial charge is 0.311 e. The van der Waals surface area contributed by atoms with Gasteiger partial charge in [0.05, 0.1) is 22.1 Å². The minimum atomic E-state index is -0.0797. The summed E-state index contributed by atoms with van der Waals surface area (Å²) in [5, 5.41) is 20.9. The first-order valence-electron chi connectivity index (χ1n) is 42.1. The molecular formula is C117H76N4. The smallest absolute Gasteiger partial charge is 0.0547 e. The highest BCUT2D eigenvalue weighted by Gasteiger charge is 2.37. The predicted octanol–water partition coefficient (Wildman–Crippen LogP) is 32.4. The van der Waals surface area contributed by atoms with Gasteiger partial charge in [-0.05, 0) is 275 Å². The molecule has 3 aliphatic rings. The number of para-hydroxylation sites is 3. The Bertz CT molecular complexity index is 8200. The molecule has 4 nitrogen and oxygen atoms in total. The van der Waals surface area contributed by atoms with Gasteiger partial charge in [-0.2, -0.15) is 0 Å². The summed E-state index contributed by atoms with van der Waals surface area (Å²) in [5.74, 6) is 0. The minimum Gasteiger partial charge on any atom is -0.311 e. The summed E-state index contributed by atoms with van der Waals surface area (Å²) < 4.78 is 4.96. The van der Waals surface area contributed by atoms with Gasteiger partial charge >= 0.3 is 0 Å². The van der Waals surface area contributed by atoms with Gasteiger partial charge in [-0.1, -0.05) is 317 Å². The van der Waals surface area contributed by atoms with Crippen molar-refractivity contribution in [3.8, 4) is 89.3 Å². The van der Waals surface area contributed by atoms with Crippen LogP contribution >= 0.6 is 0 Å². The van der Waals surface area contributed by atoms with Crippen LogP contribution in [0.5, 0.6) is 0 Å². The second kappa shape index (κ2) is 26.7. The highest BCUT2D eigenvalue weighted by molar-refractivity contribution is 6.37. The van der Waals surface area contributed by atoms with Crippen molar-refractivity contribution in [3.63, 3.8) is 0 Å². The van der Waals surface area contributed by atoms with Crippen LogP contribution in [0.4, 0.5) is 34.1 Å². The molecule has 0 fully saturated rings. The van der Waals surface area contributed by atoms with Crippen LogP contribution in [0.25, 0.3) is 198 Å². The van der Waals surface area contributed by atoms with Gasteiger partial charge in [-0.3, -0.25) is 0 Å². The zero-order valence-corrected chi connectivity index (χ0v) is 66.7. The lowest BCUT2D eigenvalue weighted by atomic mass is 9.82. The zero-order valence-electron chi connectivity index (χ0n) is 66.7. The zero-order chi connectivity index (χ0) is 79.7. The van der Waals surface area contributed by atoms with Gasteiger partial charge in [0.1, 0.15) is 0 Å². The number of hydrogen-bond donors (Lipinski definition) is 0. The maximum atomic E-state index is 2.49. The fourth-order valence-electron chi connectivity index (χ4n) is 21.3. The minimum absolute atomic E-state index is 0.0797. The fourth-order valence-corrected chi connectivity index (χ4v) is 21.3. The second-order valence-corrected chi connectivity index (χ2v) is 33.2. The SMILES string of the molecule is CC1(C)c2ccccc2-c2ccc(N(c3ccccc3)c3ccc(-c4ccc(-n5c6cccc7c6c6c8c(cccc8ccc65)-c5c-7c6ccccc6c6ccccc56)cc4)cc3)cc21.c1ccc(N(c2ccccc2)c2ccc(-c3ccc(-n4c5cccc6c5c5c7c(cccc7ccc54)-c4c-6c5ccccc5c5ccccc45)cc3)cc2)cc1. The van der Waals surface area contributed by atoms with E-state index in [0.717, 1.165) is 45.5 Å². The van der Waals surface area contributed by atoms with Crippen LogP contribution in [0.15, 0.2) is 425 Å². The molecule has 23 aromatic rings. The van der Waals surface area contributed by atoms with E-state index in [4.69, 9.17) is 0 Å². The molecular weight excluding hydrogens is 1460 g/mol. The molecule has 121 heavy (non-hydrogen) atoms. The highest BCUT2D eigenvalue weighted by Crippen LogP contribution is 2.58. The van der Waals surface area contributed by atoms with Crippen molar-refractivity contribution in [1.82, 2.24) is 9.13 Å². The maximum Gasteiger partial charge on any atom is 0.0547 e. The number of benzene rings is 21. The Balaban J connectivity index is 0.000000135. The Labute approximate surface area is 700 Å². The Morgan fingerprint density at radius 2 is 0.479 bits per heavy atom. The molecule has 0 amide bonds. The van der Waals surface area contributed by atoms with Gasteiger partial charge in [0.2, 0.25) is 0 Å². The number of aromatic nitrogens is 2. The van der Waals surface area contributed by atoms with E-state index in [1.165, 1.54) is 197 Å². The molecule has 21 aromatic carbocycles. The van der Waals surface area contributed by atoms with Crippen molar-refractivity contribution < 1.29 is 0 Å². The van der Waals surface area contributed by atoms with Crippen LogP contribution in [-0.4, -0.2) is 9.13 Å². The van der Waals surface area contributed by atoms with Crippen molar-refractivity contribution in [3.05, 3.63) is 436 Å². The third-order valence-electron chi connectivity index (χ3n) is 26.6. The fraction of sp³-hybridized carbons (Fsp3) is 0.0256. The lowest BCUT2D eigenvalue weighted by molar-refractivity contribution is 0.660. The monoisotopic (exact) mass is 1540 g/mol. The van der Waals surface area contributed by atoms with Gasteiger partial charge in [0, 0.05) is 72.5 Å². The Morgan fingerprint density at radius 3 is 0.876 bits per heavy atom. The predicted molar refractivity (Wildman–Crippen MR) is 513 cm³/mol. The molecule has 0 aliphatic heterocycles. The summed E-state index contributed by atoms with van der Waals surface area (Å²) >= 11 is 0. The first-order valence-corrected chi connectivity index (χ1v) is 42.1. The van der Waals surface area contributed by atoms with Crippen molar-refractivity contribution in [2.24, 2.45) is 0 Å². The summed E-state index contributed by atoms with van der Waals surface area (Å²) in [6.07, 6.45) is 0. The Hall–Kier alpha value is -15.6. The summed E-state index contributed by atoms with van der Waals surface area (Å²) in [6.45, 7) is 4.70. The Kier molecular flexibility index (Phi) is 15.1. The third-order valence-corrected chi connectivity index (χ3v) is 26.6. The van der Waals surface area contributed by atoms with Crippen LogP contribution in [-0.2, 0) is 5.41 Å². The number of anilines is 6. The molecule has 3 aliphatic carbocycles. The average molecular weight is 1540 g/mol. The van der Waals surface area contributed by atoms with E-state index in [9.17, 15) is 0 Å². The van der Waals surface area contributed by atoms with Gasteiger partial charge < -0.3 is 18.9 Å². The van der Waals surface area contributed by atoms with Crippen LogP contribution in [0.1, 0.15) is 25.0 Å². The lowest BCUT2D eigenvalue weighted by Crippen LogP contribution is -2.16. The number of nitrogens with zero attached hydrogens (tertiary/aromatic N) is 4. The topological polar surface area (TPSA) is 16.3 Å². The molecule has 2 aromatic heterocycles. The Morgan fingerprint density at radius 1 is 0.190 bits per heavy atom. The van der Waals surface area contributed by atoms with Gasteiger partial charge in [-0.25, -0.2) is 0 Å². The van der Waals surface area contributed by atoms with E-state index in [0.29, 0.717) is 0 Å². The van der Waals surface area contributed by atoms with Crippen LogP contribution in [0.3, 0.4) is 0 Å². The first-order chi connectivity index (χ1) is 59.8. The summed E-state index contributed by atoms with van der Waals surface area (Å²) in [5.41, 5.74) is 34.6. The third kappa shape index (κ3) is 10.3. The van der Waals surface area contributed by atoms with E-state index >= 15 is 0 Å². The molecule has 564 valence electrons. The van der Waals surface area contributed by atoms with E-state index in [1.807, 2.05) is 0 Å². The maximum absolute atomic E-state index is 2.49. The first kappa shape index (κ1) is 68.6. The van der Waals surface area contributed by atoms with E-state index in [-0.39, 0.29) is 5.41 Å². The van der Waals surface area contributed by atoms with E-state index in [1.54, 1.807) is 0 Å². The molecule has 0 bridgehead atoms. The molecule has 0 saturated carbocycles. The molecule has 0 unspecified atom stereocenters. The second-order valence-electron chi connectivity index (χ2n) is 33.2. The van der Waals surface area contributed by atoms with E-state index in [2.05, 4.69) is 457 Å². The quantitative estimate of drug-likeness (QED) is 0.127.